The Hall–Kier alpha value is -2.28. The van der Waals surface area contributed by atoms with Gasteiger partial charge in [-0.25, -0.2) is 4.79 Å². The number of carboxylic acids is 1. The molecule has 1 aliphatic rings. The molecule has 0 saturated heterocycles. The summed E-state index contributed by atoms with van der Waals surface area (Å²) < 4.78 is 1.49. The molecule has 0 fully saturated rings. The topological polar surface area (TPSA) is 75.4 Å². The minimum absolute atomic E-state index is 0. The molecule has 1 atom stereocenters. The standard InChI is InChI=1S/C14H13N3O3.H2S/c1-9-8-16(10-5-3-2-4-6-10)13(18)12-11(14(19)20)7-15-17(9)12;/h2-7,9H,8H2,1H3,(H,19,20);1H2/t9-;/m0./s1. The van der Waals surface area contributed by atoms with Crippen molar-refractivity contribution >= 4 is 31.1 Å². The van der Waals surface area contributed by atoms with Crippen molar-refractivity contribution in [2.45, 2.75) is 13.0 Å². The van der Waals surface area contributed by atoms with Crippen molar-refractivity contribution in [2.75, 3.05) is 11.4 Å². The number of nitrogens with zero attached hydrogens (tertiary/aromatic N) is 3. The lowest BCUT2D eigenvalue weighted by Gasteiger charge is -2.32. The van der Waals surface area contributed by atoms with Gasteiger partial charge in [-0.3, -0.25) is 9.48 Å². The Bertz CT molecular complexity index is 684. The van der Waals surface area contributed by atoms with Crippen molar-refractivity contribution in [1.29, 1.82) is 0 Å². The van der Waals surface area contributed by atoms with Gasteiger partial charge in [0.25, 0.3) is 5.91 Å². The third-order valence-electron chi connectivity index (χ3n) is 3.41. The minimum atomic E-state index is -1.14. The van der Waals surface area contributed by atoms with E-state index in [0.29, 0.717) is 6.54 Å². The average Bonchev–Trinajstić information content (AvgIpc) is 2.89. The lowest BCUT2D eigenvalue weighted by Crippen LogP contribution is -2.43. The number of aromatic nitrogens is 2. The predicted molar refractivity (Wildman–Crippen MR) is 82.4 cm³/mol. The van der Waals surface area contributed by atoms with Crippen LogP contribution in [-0.2, 0) is 0 Å². The molecule has 1 aromatic heterocycles. The quantitative estimate of drug-likeness (QED) is 0.919. The Kier molecular flexibility index (Phi) is 4.04. The zero-order valence-corrected chi connectivity index (χ0v) is 12.4. The van der Waals surface area contributed by atoms with Crippen LogP contribution in [0.1, 0.15) is 33.8 Å². The highest BCUT2D eigenvalue weighted by Gasteiger charge is 2.34. The number of carbonyl (C=O) groups excluding carboxylic acids is 1. The molecule has 0 saturated carbocycles. The van der Waals surface area contributed by atoms with Crippen LogP contribution in [0.3, 0.4) is 0 Å². The third kappa shape index (κ3) is 2.40. The first kappa shape index (κ1) is 15.1. The fraction of sp³-hybridized carbons (Fsp3) is 0.214. The predicted octanol–water partition coefficient (Wildman–Crippen LogP) is 1.92. The molecule has 3 rings (SSSR count). The van der Waals surface area contributed by atoms with Gasteiger partial charge in [-0.05, 0) is 19.1 Å². The van der Waals surface area contributed by atoms with Crippen LogP contribution >= 0.6 is 13.5 Å². The number of amides is 1. The number of para-hydroxylation sites is 1. The largest absolute Gasteiger partial charge is 0.478 e. The first-order chi connectivity index (χ1) is 9.59. The maximum absolute atomic E-state index is 12.6. The first-order valence-corrected chi connectivity index (χ1v) is 6.27. The van der Waals surface area contributed by atoms with E-state index in [1.165, 1.54) is 10.9 Å². The molecule has 0 aliphatic carbocycles. The monoisotopic (exact) mass is 305 g/mol. The van der Waals surface area contributed by atoms with E-state index in [1.54, 1.807) is 4.90 Å². The number of fused-ring (bicyclic) bond motifs is 1. The van der Waals surface area contributed by atoms with Crippen molar-refractivity contribution in [1.82, 2.24) is 9.78 Å². The molecule has 0 bridgehead atoms. The van der Waals surface area contributed by atoms with E-state index in [1.807, 2.05) is 37.3 Å². The Labute approximate surface area is 128 Å². The summed E-state index contributed by atoms with van der Waals surface area (Å²) in [5, 5.41) is 13.2. The second-order valence-corrected chi connectivity index (χ2v) is 4.76. The van der Waals surface area contributed by atoms with Crippen molar-refractivity contribution in [3.05, 3.63) is 47.8 Å². The van der Waals surface area contributed by atoms with Crippen LogP contribution in [0.2, 0.25) is 0 Å². The van der Waals surface area contributed by atoms with Gasteiger partial charge in [0.05, 0.1) is 12.2 Å². The molecule has 0 radical (unpaired) electrons. The van der Waals surface area contributed by atoms with Gasteiger partial charge in [-0.2, -0.15) is 18.6 Å². The van der Waals surface area contributed by atoms with Gasteiger partial charge < -0.3 is 10.0 Å². The highest BCUT2D eigenvalue weighted by atomic mass is 32.1. The van der Waals surface area contributed by atoms with Crippen LogP contribution < -0.4 is 4.90 Å². The smallest absolute Gasteiger partial charge is 0.339 e. The van der Waals surface area contributed by atoms with Gasteiger partial charge in [0.2, 0.25) is 0 Å². The molecule has 2 aromatic rings. The van der Waals surface area contributed by atoms with Crippen LogP contribution in [0.5, 0.6) is 0 Å². The molecule has 1 aromatic carbocycles. The van der Waals surface area contributed by atoms with Gasteiger partial charge in [-0.15, -0.1) is 0 Å². The zero-order chi connectivity index (χ0) is 14.3. The number of hydrogen-bond donors (Lipinski definition) is 1. The average molecular weight is 305 g/mol. The summed E-state index contributed by atoms with van der Waals surface area (Å²) in [6, 6.07) is 9.15. The SMILES string of the molecule is C[C@H]1CN(c2ccccc2)C(=O)c2c(C(=O)O)cnn21.S. The fourth-order valence-corrected chi connectivity index (χ4v) is 2.45. The molecule has 0 spiro atoms. The number of carboxylic acid groups (broad SMARTS) is 1. The third-order valence-corrected chi connectivity index (χ3v) is 3.41. The maximum atomic E-state index is 12.6. The van der Waals surface area contributed by atoms with Crippen LogP contribution in [0.25, 0.3) is 0 Å². The van der Waals surface area contributed by atoms with Gasteiger partial charge >= 0.3 is 5.97 Å². The number of aromatic carboxylic acids is 1. The van der Waals surface area contributed by atoms with E-state index in [9.17, 15) is 9.59 Å². The minimum Gasteiger partial charge on any atom is -0.478 e. The fourth-order valence-electron chi connectivity index (χ4n) is 2.45. The summed E-state index contributed by atoms with van der Waals surface area (Å²) in [4.78, 5) is 25.3. The molecule has 1 aliphatic heterocycles. The zero-order valence-electron chi connectivity index (χ0n) is 11.4. The van der Waals surface area contributed by atoms with Gasteiger partial charge in [-0.1, -0.05) is 18.2 Å². The number of rotatable bonds is 2. The normalized spacial score (nSPS) is 17.1. The molecule has 1 amide bonds. The van der Waals surface area contributed by atoms with Crippen molar-refractivity contribution in [3.8, 4) is 0 Å². The second kappa shape index (κ2) is 5.61. The van der Waals surface area contributed by atoms with Gasteiger partial charge in [0.15, 0.2) is 0 Å². The molecular formula is C14H15N3O3S. The Balaban J connectivity index is 0.00000161. The van der Waals surface area contributed by atoms with Gasteiger partial charge in [0.1, 0.15) is 11.3 Å². The van der Waals surface area contributed by atoms with E-state index >= 15 is 0 Å². The Morgan fingerprint density at radius 1 is 1.33 bits per heavy atom. The van der Waals surface area contributed by atoms with E-state index < -0.39 is 5.97 Å². The van der Waals surface area contributed by atoms with E-state index in [0.717, 1.165) is 5.69 Å². The highest BCUT2D eigenvalue weighted by molar-refractivity contribution is 7.59. The molecular weight excluding hydrogens is 290 g/mol. The summed E-state index contributed by atoms with van der Waals surface area (Å²) in [6.45, 7) is 2.38. The first-order valence-electron chi connectivity index (χ1n) is 6.27. The molecule has 6 nitrogen and oxygen atoms in total. The summed E-state index contributed by atoms with van der Waals surface area (Å²) in [5.74, 6) is -1.47. The van der Waals surface area contributed by atoms with Crippen LogP contribution in [0.4, 0.5) is 5.69 Å². The summed E-state index contributed by atoms with van der Waals surface area (Å²) >= 11 is 0. The number of benzene rings is 1. The highest BCUT2D eigenvalue weighted by Crippen LogP contribution is 2.27. The van der Waals surface area contributed by atoms with E-state index in [-0.39, 0.29) is 36.7 Å². The molecule has 1 N–H and O–H groups in total. The van der Waals surface area contributed by atoms with Crippen molar-refractivity contribution in [2.24, 2.45) is 0 Å². The molecule has 21 heavy (non-hydrogen) atoms. The van der Waals surface area contributed by atoms with Gasteiger partial charge in [0, 0.05) is 12.2 Å². The van der Waals surface area contributed by atoms with Crippen LogP contribution in [0.15, 0.2) is 36.5 Å². The lowest BCUT2D eigenvalue weighted by molar-refractivity contribution is 0.0690. The van der Waals surface area contributed by atoms with Crippen LogP contribution in [0, 0.1) is 0 Å². The summed E-state index contributed by atoms with van der Waals surface area (Å²) in [7, 11) is 0. The molecule has 110 valence electrons. The van der Waals surface area contributed by atoms with E-state index in [2.05, 4.69) is 5.10 Å². The van der Waals surface area contributed by atoms with Crippen molar-refractivity contribution < 1.29 is 14.7 Å². The lowest BCUT2D eigenvalue weighted by atomic mass is 10.1. The van der Waals surface area contributed by atoms with Crippen LogP contribution in [-0.4, -0.2) is 33.3 Å². The Morgan fingerprint density at radius 3 is 2.62 bits per heavy atom. The summed E-state index contributed by atoms with van der Waals surface area (Å²) in [5.41, 5.74) is 0.843. The number of anilines is 1. The Morgan fingerprint density at radius 2 is 2.00 bits per heavy atom. The molecule has 7 heteroatoms. The molecule has 2 heterocycles. The van der Waals surface area contributed by atoms with E-state index in [4.69, 9.17) is 5.11 Å². The molecule has 0 unspecified atom stereocenters. The number of hydrogen-bond acceptors (Lipinski definition) is 3. The maximum Gasteiger partial charge on any atom is 0.339 e. The summed E-state index contributed by atoms with van der Waals surface area (Å²) in [6.07, 6.45) is 1.24. The number of carbonyl (C=O) groups is 2. The van der Waals surface area contributed by atoms with Crippen molar-refractivity contribution in [3.63, 3.8) is 0 Å². The second-order valence-electron chi connectivity index (χ2n) is 4.76.